The Labute approximate surface area is 172 Å². The van der Waals surface area contributed by atoms with Crippen molar-refractivity contribution in [2.24, 2.45) is 0 Å². The summed E-state index contributed by atoms with van der Waals surface area (Å²) in [6, 6.07) is 11.5. The molecule has 1 amide bonds. The maximum Gasteiger partial charge on any atom is 0.258 e. The second-order valence-corrected chi connectivity index (χ2v) is 7.32. The summed E-state index contributed by atoms with van der Waals surface area (Å²) in [5, 5.41) is 2.87. The molecule has 3 rings (SSSR count). The predicted molar refractivity (Wildman–Crippen MR) is 111 cm³/mol. The standard InChI is InChI=1S/C23H29NO5/c1-16-9-17(2)11-20(10-16)28-15-23(25)24-13-18-6-7-21(22(12-18)26-3)29-14-19-5-4-8-27-19/h6-7,9-12,19H,4-5,8,13-15H2,1-3H3,(H,24,25). The first-order valence-electron chi connectivity index (χ1n) is 9.92. The van der Waals surface area contributed by atoms with Gasteiger partial charge in [-0.2, -0.15) is 0 Å². The number of ether oxygens (including phenoxy) is 4. The lowest BCUT2D eigenvalue weighted by Crippen LogP contribution is -2.28. The van der Waals surface area contributed by atoms with Gasteiger partial charge in [0, 0.05) is 13.2 Å². The van der Waals surface area contributed by atoms with E-state index in [9.17, 15) is 4.79 Å². The maximum atomic E-state index is 12.1. The highest BCUT2D eigenvalue weighted by atomic mass is 16.5. The lowest BCUT2D eigenvalue weighted by Gasteiger charge is -2.15. The zero-order valence-corrected chi connectivity index (χ0v) is 17.3. The maximum absolute atomic E-state index is 12.1. The summed E-state index contributed by atoms with van der Waals surface area (Å²) in [7, 11) is 1.61. The first-order valence-corrected chi connectivity index (χ1v) is 9.92. The minimum Gasteiger partial charge on any atom is -0.493 e. The van der Waals surface area contributed by atoms with Gasteiger partial charge in [0.15, 0.2) is 18.1 Å². The second-order valence-electron chi connectivity index (χ2n) is 7.32. The van der Waals surface area contributed by atoms with E-state index in [1.165, 1.54) is 0 Å². The number of amides is 1. The van der Waals surface area contributed by atoms with E-state index < -0.39 is 0 Å². The molecule has 1 atom stereocenters. The summed E-state index contributed by atoms with van der Waals surface area (Å²) in [5.74, 6) is 1.84. The topological polar surface area (TPSA) is 66.0 Å². The number of hydrogen-bond donors (Lipinski definition) is 1. The molecule has 6 nitrogen and oxygen atoms in total. The lowest BCUT2D eigenvalue weighted by molar-refractivity contribution is -0.123. The fourth-order valence-corrected chi connectivity index (χ4v) is 3.32. The zero-order valence-electron chi connectivity index (χ0n) is 17.3. The Hall–Kier alpha value is -2.73. The molecule has 0 aromatic heterocycles. The largest absolute Gasteiger partial charge is 0.493 e. The highest BCUT2D eigenvalue weighted by Crippen LogP contribution is 2.29. The molecule has 1 aliphatic heterocycles. The number of nitrogens with one attached hydrogen (secondary N) is 1. The van der Waals surface area contributed by atoms with Crippen molar-refractivity contribution in [1.82, 2.24) is 5.32 Å². The SMILES string of the molecule is COc1cc(CNC(=O)COc2cc(C)cc(C)c2)ccc1OCC1CCCO1. The van der Waals surface area contributed by atoms with Crippen LogP contribution in [0.3, 0.4) is 0 Å². The molecule has 0 spiro atoms. The molecule has 6 heteroatoms. The third-order valence-electron chi connectivity index (χ3n) is 4.73. The predicted octanol–water partition coefficient (Wildman–Crippen LogP) is 3.57. The number of carbonyl (C=O) groups excluding carboxylic acids is 1. The fraction of sp³-hybridized carbons (Fsp3) is 0.435. The molecule has 2 aromatic carbocycles. The van der Waals surface area contributed by atoms with E-state index in [0.29, 0.717) is 30.4 Å². The van der Waals surface area contributed by atoms with Crippen LogP contribution in [0.4, 0.5) is 0 Å². The van der Waals surface area contributed by atoms with E-state index in [1.54, 1.807) is 7.11 Å². The van der Waals surface area contributed by atoms with Crippen LogP contribution >= 0.6 is 0 Å². The van der Waals surface area contributed by atoms with Crippen molar-refractivity contribution in [3.63, 3.8) is 0 Å². The zero-order chi connectivity index (χ0) is 20.6. The van der Waals surface area contributed by atoms with Crippen LogP contribution in [0.15, 0.2) is 36.4 Å². The van der Waals surface area contributed by atoms with Crippen molar-refractivity contribution in [2.75, 3.05) is 26.9 Å². The van der Waals surface area contributed by atoms with Gasteiger partial charge in [0.1, 0.15) is 12.4 Å². The molecule has 156 valence electrons. The van der Waals surface area contributed by atoms with Gasteiger partial charge in [-0.25, -0.2) is 0 Å². The molecular formula is C23H29NO5. The molecule has 1 aliphatic rings. The number of carbonyl (C=O) groups is 1. The van der Waals surface area contributed by atoms with Crippen LogP contribution in [0.1, 0.15) is 29.5 Å². The molecule has 1 fully saturated rings. The number of hydrogen-bond acceptors (Lipinski definition) is 5. The Morgan fingerprint density at radius 1 is 1.10 bits per heavy atom. The fourth-order valence-electron chi connectivity index (χ4n) is 3.32. The van der Waals surface area contributed by atoms with Gasteiger partial charge in [-0.1, -0.05) is 12.1 Å². The second kappa shape index (κ2) is 10.2. The van der Waals surface area contributed by atoms with Crippen LogP contribution in [0.2, 0.25) is 0 Å². The van der Waals surface area contributed by atoms with Crippen molar-refractivity contribution >= 4 is 5.91 Å². The van der Waals surface area contributed by atoms with E-state index in [2.05, 4.69) is 11.4 Å². The molecule has 0 saturated carbocycles. The molecule has 0 radical (unpaired) electrons. The lowest BCUT2D eigenvalue weighted by atomic mass is 10.1. The Balaban J connectivity index is 1.48. The highest BCUT2D eigenvalue weighted by Gasteiger charge is 2.17. The van der Waals surface area contributed by atoms with Crippen molar-refractivity contribution in [2.45, 2.75) is 39.3 Å². The number of aryl methyl sites for hydroxylation is 2. The van der Waals surface area contributed by atoms with Gasteiger partial charge in [0.2, 0.25) is 0 Å². The molecule has 1 heterocycles. The van der Waals surface area contributed by atoms with Crippen molar-refractivity contribution in [3.05, 3.63) is 53.1 Å². The molecule has 1 N–H and O–H groups in total. The molecule has 1 unspecified atom stereocenters. The van der Waals surface area contributed by atoms with Gasteiger partial charge in [-0.15, -0.1) is 0 Å². The molecular weight excluding hydrogens is 370 g/mol. The van der Waals surface area contributed by atoms with Gasteiger partial charge in [0.05, 0.1) is 13.2 Å². The van der Waals surface area contributed by atoms with Crippen LogP contribution in [-0.2, 0) is 16.1 Å². The Morgan fingerprint density at radius 2 is 1.90 bits per heavy atom. The van der Waals surface area contributed by atoms with Crippen LogP contribution in [0, 0.1) is 13.8 Å². The minimum absolute atomic E-state index is 0.0252. The third kappa shape index (κ3) is 6.39. The van der Waals surface area contributed by atoms with E-state index in [4.69, 9.17) is 18.9 Å². The normalized spacial score (nSPS) is 15.8. The summed E-state index contributed by atoms with van der Waals surface area (Å²) in [6.07, 6.45) is 2.25. The molecule has 0 aliphatic carbocycles. The third-order valence-corrected chi connectivity index (χ3v) is 4.73. The Morgan fingerprint density at radius 3 is 2.59 bits per heavy atom. The first kappa shape index (κ1) is 21.0. The van der Waals surface area contributed by atoms with E-state index >= 15 is 0 Å². The summed E-state index contributed by atoms with van der Waals surface area (Å²) >= 11 is 0. The number of rotatable bonds is 9. The van der Waals surface area contributed by atoms with Crippen molar-refractivity contribution in [1.29, 1.82) is 0 Å². The van der Waals surface area contributed by atoms with Crippen LogP contribution in [-0.4, -0.2) is 38.9 Å². The van der Waals surface area contributed by atoms with Crippen LogP contribution in [0.5, 0.6) is 17.2 Å². The number of benzene rings is 2. The van der Waals surface area contributed by atoms with E-state index in [1.807, 2.05) is 44.2 Å². The van der Waals surface area contributed by atoms with Gasteiger partial charge in [0.25, 0.3) is 5.91 Å². The minimum atomic E-state index is -0.179. The summed E-state index contributed by atoms with van der Waals surface area (Å²) in [5.41, 5.74) is 3.13. The quantitative estimate of drug-likeness (QED) is 0.698. The monoisotopic (exact) mass is 399 g/mol. The summed E-state index contributed by atoms with van der Waals surface area (Å²) < 4.78 is 22.4. The smallest absolute Gasteiger partial charge is 0.258 e. The van der Waals surface area contributed by atoms with Gasteiger partial charge >= 0.3 is 0 Å². The molecule has 1 saturated heterocycles. The Bertz CT molecular complexity index is 810. The van der Waals surface area contributed by atoms with Crippen molar-refractivity contribution < 1.29 is 23.7 Å². The van der Waals surface area contributed by atoms with Gasteiger partial charge < -0.3 is 24.3 Å². The molecule has 2 aromatic rings. The average molecular weight is 399 g/mol. The van der Waals surface area contributed by atoms with Crippen LogP contribution in [0.25, 0.3) is 0 Å². The van der Waals surface area contributed by atoms with Crippen molar-refractivity contribution in [3.8, 4) is 17.2 Å². The van der Waals surface area contributed by atoms with Gasteiger partial charge in [-0.3, -0.25) is 4.79 Å². The van der Waals surface area contributed by atoms with E-state index in [-0.39, 0.29) is 18.6 Å². The number of methoxy groups -OCH3 is 1. The first-order chi connectivity index (χ1) is 14.0. The molecule has 29 heavy (non-hydrogen) atoms. The average Bonchev–Trinajstić information content (AvgIpc) is 3.22. The Kier molecular flexibility index (Phi) is 7.36. The van der Waals surface area contributed by atoms with Crippen LogP contribution < -0.4 is 19.5 Å². The molecule has 0 bridgehead atoms. The highest BCUT2D eigenvalue weighted by molar-refractivity contribution is 5.77. The summed E-state index contributed by atoms with van der Waals surface area (Å²) in [4.78, 5) is 12.1. The summed E-state index contributed by atoms with van der Waals surface area (Å²) in [6.45, 7) is 5.68. The van der Waals surface area contributed by atoms with Gasteiger partial charge in [-0.05, 0) is 67.6 Å². The van der Waals surface area contributed by atoms with E-state index in [0.717, 1.165) is 36.1 Å².